The molecule has 2 aliphatic heterocycles. The zero-order chi connectivity index (χ0) is 13.9. The zero-order valence-electron chi connectivity index (χ0n) is 11.7. The fraction of sp³-hybridized carbons (Fsp3) is 0.533. The molecular weight excluding hydrogens is 254 g/mol. The number of carbonyl (C=O) groups is 1. The number of fused-ring (bicyclic) bond motifs is 2. The van der Waals surface area contributed by atoms with Crippen molar-refractivity contribution in [2.24, 2.45) is 0 Å². The molecule has 3 N–H and O–H groups in total. The van der Waals surface area contributed by atoms with E-state index in [1.807, 2.05) is 24.3 Å². The predicted molar refractivity (Wildman–Crippen MR) is 78.1 cm³/mol. The Hall–Kier alpha value is -1.75. The number of nitrogens with one attached hydrogen (secondary N) is 3. The third-order valence-electron chi connectivity index (χ3n) is 4.16. The summed E-state index contributed by atoms with van der Waals surface area (Å²) in [6.07, 6.45) is 4.51. The van der Waals surface area contributed by atoms with Crippen molar-refractivity contribution in [2.75, 3.05) is 12.4 Å². The van der Waals surface area contributed by atoms with Crippen LogP contribution in [0.2, 0.25) is 0 Å². The molecule has 2 amide bonds. The number of anilines is 1. The molecule has 5 nitrogen and oxygen atoms in total. The topological polar surface area (TPSA) is 62.4 Å². The van der Waals surface area contributed by atoms with Crippen molar-refractivity contribution in [3.05, 3.63) is 24.3 Å². The van der Waals surface area contributed by atoms with E-state index in [9.17, 15) is 4.79 Å². The number of benzene rings is 1. The summed E-state index contributed by atoms with van der Waals surface area (Å²) in [7, 11) is 1.60. The summed E-state index contributed by atoms with van der Waals surface area (Å²) in [5, 5.41) is 9.51. The first kappa shape index (κ1) is 13.2. The smallest absolute Gasteiger partial charge is 0.319 e. The third-order valence-corrected chi connectivity index (χ3v) is 4.16. The molecule has 2 atom stereocenters. The van der Waals surface area contributed by atoms with E-state index < -0.39 is 0 Å². The predicted octanol–water partition coefficient (Wildman–Crippen LogP) is 2.10. The summed E-state index contributed by atoms with van der Waals surface area (Å²) in [4.78, 5) is 12.1. The summed E-state index contributed by atoms with van der Waals surface area (Å²) >= 11 is 0. The second-order valence-electron chi connectivity index (χ2n) is 5.60. The highest BCUT2D eigenvalue weighted by atomic mass is 16.5. The number of rotatable bonds is 3. The minimum atomic E-state index is -0.152. The van der Waals surface area contributed by atoms with Crippen LogP contribution in [0.1, 0.15) is 25.7 Å². The maximum absolute atomic E-state index is 12.1. The molecule has 2 heterocycles. The van der Waals surface area contributed by atoms with Crippen molar-refractivity contribution in [3.8, 4) is 5.75 Å². The van der Waals surface area contributed by atoms with E-state index in [1.54, 1.807) is 7.11 Å². The van der Waals surface area contributed by atoms with E-state index in [4.69, 9.17) is 4.74 Å². The number of carbonyl (C=O) groups excluding carboxylic acids is 1. The van der Waals surface area contributed by atoms with E-state index >= 15 is 0 Å². The Labute approximate surface area is 119 Å². The van der Waals surface area contributed by atoms with Gasteiger partial charge >= 0.3 is 6.03 Å². The first-order valence-corrected chi connectivity index (χ1v) is 7.21. The number of ether oxygens (including phenoxy) is 1. The van der Waals surface area contributed by atoms with Crippen molar-refractivity contribution in [2.45, 2.75) is 43.8 Å². The molecule has 5 heteroatoms. The zero-order valence-corrected chi connectivity index (χ0v) is 11.7. The van der Waals surface area contributed by atoms with Crippen molar-refractivity contribution in [1.29, 1.82) is 0 Å². The Morgan fingerprint density at radius 1 is 1.25 bits per heavy atom. The minimum Gasteiger partial charge on any atom is -0.495 e. The van der Waals surface area contributed by atoms with Crippen LogP contribution in [-0.4, -0.2) is 31.3 Å². The lowest BCUT2D eigenvalue weighted by atomic mass is 10.0. The lowest BCUT2D eigenvalue weighted by molar-refractivity contribution is 0.240. The molecule has 2 bridgehead atoms. The summed E-state index contributed by atoms with van der Waals surface area (Å²) in [6.45, 7) is 0. The molecule has 0 saturated carbocycles. The van der Waals surface area contributed by atoms with Crippen LogP contribution in [-0.2, 0) is 0 Å². The molecule has 2 aliphatic rings. The Bertz CT molecular complexity index is 480. The number of hydrogen-bond donors (Lipinski definition) is 3. The Morgan fingerprint density at radius 2 is 1.95 bits per heavy atom. The molecule has 0 spiro atoms. The van der Waals surface area contributed by atoms with Gasteiger partial charge in [0.15, 0.2) is 0 Å². The minimum absolute atomic E-state index is 0.152. The van der Waals surface area contributed by atoms with Gasteiger partial charge in [-0.3, -0.25) is 0 Å². The maximum atomic E-state index is 12.1. The van der Waals surface area contributed by atoms with E-state index in [0.717, 1.165) is 12.8 Å². The Morgan fingerprint density at radius 3 is 2.65 bits per heavy atom. The summed E-state index contributed by atoms with van der Waals surface area (Å²) < 4.78 is 5.23. The lowest BCUT2D eigenvalue weighted by Crippen LogP contribution is -2.49. The summed E-state index contributed by atoms with van der Waals surface area (Å²) in [5.74, 6) is 0.674. The van der Waals surface area contributed by atoms with E-state index in [1.165, 1.54) is 12.8 Å². The molecule has 0 radical (unpaired) electrons. The Kier molecular flexibility index (Phi) is 3.78. The fourth-order valence-corrected chi connectivity index (χ4v) is 3.27. The second kappa shape index (κ2) is 5.71. The molecule has 2 fully saturated rings. The summed E-state index contributed by atoms with van der Waals surface area (Å²) in [6, 6.07) is 8.69. The molecule has 20 heavy (non-hydrogen) atoms. The molecule has 0 aliphatic carbocycles. The molecule has 1 aromatic rings. The van der Waals surface area contributed by atoms with E-state index in [0.29, 0.717) is 23.5 Å². The normalized spacial score (nSPS) is 27.9. The fourth-order valence-electron chi connectivity index (χ4n) is 3.27. The second-order valence-corrected chi connectivity index (χ2v) is 5.60. The van der Waals surface area contributed by atoms with E-state index in [-0.39, 0.29) is 12.1 Å². The molecule has 108 valence electrons. The van der Waals surface area contributed by atoms with Crippen LogP contribution in [0.25, 0.3) is 0 Å². The van der Waals surface area contributed by atoms with Crippen molar-refractivity contribution < 1.29 is 9.53 Å². The van der Waals surface area contributed by atoms with Gasteiger partial charge in [-0.15, -0.1) is 0 Å². The van der Waals surface area contributed by atoms with Crippen LogP contribution in [0.5, 0.6) is 5.75 Å². The average Bonchev–Trinajstić information content (AvgIpc) is 2.78. The quantitative estimate of drug-likeness (QED) is 0.791. The van der Waals surface area contributed by atoms with Gasteiger partial charge in [-0.25, -0.2) is 4.79 Å². The van der Waals surface area contributed by atoms with Crippen molar-refractivity contribution >= 4 is 11.7 Å². The van der Waals surface area contributed by atoms with Gasteiger partial charge in [0, 0.05) is 18.1 Å². The van der Waals surface area contributed by atoms with Crippen LogP contribution in [0, 0.1) is 0 Å². The summed E-state index contributed by atoms with van der Waals surface area (Å²) in [5.41, 5.74) is 0.699. The van der Waals surface area contributed by atoms with E-state index in [2.05, 4.69) is 16.0 Å². The molecule has 2 unspecified atom stereocenters. The van der Waals surface area contributed by atoms with Gasteiger partial charge in [-0.2, -0.15) is 0 Å². The highest BCUT2D eigenvalue weighted by Crippen LogP contribution is 2.27. The lowest BCUT2D eigenvalue weighted by Gasteiger charge is -2.29. The molecular formula is C15H21N3O2. The maximum Gasteiger partial charge on any atom is 0.319 e. The first-order chi connectivity index (χ1) is 9.74. The largest absolute Gasteiger partial charge is 0.495 e. The molecule has 0 aromatic heterocycles. The first-order valence-electron chi connectivity index (χ1n) is 7.21. The standard InChI is InChI=1S/C15H21N3O2/c1-20-14-5-3-2-4-13(14)18-15(19)17-12-8-10-6-7-11(9-12)16-10/h2-5,10-12,16H,6-9H2,1H3,(H2,17,18,19). The van der Waals surface area contributed by atoms with Gasteiger partial charge in [0.2, 0.25) is 0 Å². The third kappa shape index (κ3) is 2.88. The highest BCUT2D eigenvalue weighted by Gasteiger charge is 2.33. The number of para-hydroxylation sites is 2. The highest BCUT2D eigenvalue weighted by molar-refractivity contribution is 5.91. The molecule has 2 saturated heterocycles. The Balaban J connectivity index is 1.57. The SMILES string of the molecule is COc1ccccc1NC(=O)NC1CC2CCC(C1)N2. The van der Waals surface area contributed by atoms with Crippen LogP contribution in [0.4, 0.5) is 10.5 Å². The average molecular weight is 275 g/mol. The van der Waals surface area contributed by atoms with Gasteiger partial charge in [-0.1, -0.05) is 12.1 Å². The van der Waals surface area contributed by atoms with Gasteiger partial charge < -0.3 is 20.7 Å². The van der Waals surface area contributed by atoms with Gasteiger partial charge in [-0.05, 0) is 37.8 Å². The van der Waals surface area contributed by atoms with Gasteiger partial charge in [0.05, 0.1) is 12.8 Å². The van der Waals surface area contributed by atoms with Crippen molar-refractivity contribution in [1.82, 2.24) is 10.6 Å². The molecule has 1 aromatic carbocycles. The van der Waals surface area contributed by atoms with Gasteiger partial charge in [0.25, 0.3) is 0 Å². The number of hydrogen-bond acceptors (Lipinski definition) is 3. The number of methoxy groups -OCH3 is 1. The van der Waals surface area contributed by atoms with Crippen LogP contribution < -0.4 is 20.7 Å². The van der Waals surface area contributed by atoms with Crippen molar-refractivity contribution in [3.63, 3.8) is 0 Å². The van der Waals surface area contributed by atoms with Crippen LogP contribution in [0.3, 0.4) is 0 Å². The number of urea groups is 1. The number of piperidine rings is 1. The van der Waals surface area contributed by atoms with Crippen LogP contribution in [0.15, 0.2) is 24.3 Å². The number of amides is 2. The molecule has 3 rings (SSSR count). The van der Waals surface area contributed by atoms with Gasteiger partial charge in [0.1, 0.15) is 5.75 Å². The monoisotopic (exact) mass is 275 g/mol. The van der Waals surface area contributed by atoms with Crippen LogP contribution >= 0.6 is 0 Å².